The van der Waals surface area contributed by atoms with Crippen molar-refractivity contribution in [2.45, 2.75) is 0 Å². The number of hydrogen-bond acceptors (Lipinski definition) is 1. The van der Waals surface area contributed by atoms with E-state index in [1.807, 2.05) is 0 Å². The van der Waals surface area contributed by atoms with Crippen LogP contribution in [0.1, 0.15) is 0 Å². The van der Waals surface area contributed by atoms with E-state index in [0.717, 1.165) is 5.75 Å². The van der Waals surface area contributed by atoms with Crippen LogP contribution in [-0.2, 0) is 0 Å². The lowest BCUT2D eigenvalue weighted by Crippen LogP contribution is -1.83. The predicted octanol–water partition coefficient (Wildman–Crippen LogP) is 4.05. The molecule has 0 aromatic heterocycles. The van der Waals surface area contributed by atoms with E-state index < -0.39 is 0 Å². The number of rotatable bonds is 2. The second-order valence-electron chi connectivity index (χ2n) is 3.08. The van der Waals surface area contributed by atoms with Crippen molar-refractivity contribution in [2.75, 3.05) is 0 Å². The lowest BCUT2D eigenvalue weighted by atomic mass is 10.3. The molecule has 0 fully saturated rings. The second-order valence-corrected chi connectivity index (χ2v) is 3.52. The Kier molecular flexibility index (Phi) is 2.79. The molecule has 0 saturated heterocycles. The topological polar surface area (TPSA) is 33.0 Å². The summed E-state index contributed by atoms with van der Waals surface area (Å²) in [6, 6.07) is 14.0. The Bertz CT molecular complexity index is 393. The minimum atomic E-state index is 0.471. The number of ether oxygens (including phenoxy) is 1. The van der Waals surface area contributed by atoms with Gasteiger partial charge in [0.2, 0.25) is 0 Å². The molecule has 0 aliphatic carbocycles. The molecule has 3 heteroatoms. The molecule has 75 valence electrons. The molecule has 0 amide bonds. The van der Waals surface area contributed by atoms with Gasteiger partial charge in [-0.05, 0) is 48.5 Å². The minimum Gasteiger partial charge on any atom is -0.457 e. The molecular weight excluding hydrogens is 210 g/mol. The predicted molar refractivity (Wildman–Crippen MR) is 60.7 cm³/mol. The highest BCUT2D eigenvalue weighted by atomic mass is 35.5. The van der Waals surface area contributed by atoms with Crippen LogP contribution in [0.4, 0.5) is 5.69 Å². The third kappa shape index (κ3) is 2.64. The maximum absolute atomic E-state index is 7.33. The molecule has 0 atom stereocenters. The monoisotopic (exact) mass is 218 g/mol. The first-order valence-corrected chi connectivity index (χ1v) is 4.87. The van der Waals surface area contributed by atoms with Gasteiger partial charge in [0.05, 0.1) is 5.69 Å². The van der Waals surface area contributed by atoms with E-state index in [1.165, 1.54) is 0 Å². The van der Waals surface area contributed by atoms with Gasteiger partial charge in [0.15, 0.2) is 0 Å². The van der Waals surface area contributed by atoms with E-state index in [2.05, 4.69) is 0 Å². The standard InChI is InChI=1S/C12H9ClNO/c13-9-1-5-11(6-2-9)15-12-7-3-10(14)4-8-12/h1-8,14H. The first kappa shape index (κ1) is 9.87. The van der Waals surface area contributed by atoms with Gasteiger partial charge in [0.25, 0.3) is 0 Å². The van der Waals surface area contributed by atoms with Crippen LogP contribution in [0.3, 0.4) is 0 Å². The summed E-state index contributed by atoms with van der Waals surface area (Å²) in [5, 5.41) is 0.684. The van der Waals surface area contributed by atoms with Gasteiger partial charge in [-0.2, -0.15) is 0 Å². The van der Waals surface area contributed by atoms with Crippen LogP contribution in [0.15, 0.2) is 48.5 Å². The molecule has 0 aliphatic heterocycles. The van der Waals surface area contributed by atoms with Crippen LogP contribution in [0.2, 0.25) is 5.02 Å². The van der Waals surface area contributed by atoms with E-state index in [4.69, 9.17) is 22.1 Å². The average molecular weight is 219 g/mol. The summed E-state index contributed by atoms with van der Waals surface area (Å²) in [5.74, 6) is 1.45. The van der Waals surface area contributed by atoms with Gasteiger partial charge in [0, 0.05) is 5.02 Å². The molecular formula is C12H9ClNO. The van der Waals surface area contributed by atoms with Gasteiger partial charge in [-0.25, -0.2) is 0 Å². The molecule has 2 aromatic rings. The van der Waals surface area contributed by atoms with Crippen LogP contribution in [-0.4, -0.2) is 0 Å². The Morgan fingerprint density at radius 1 is 0.800 bits per heavy atom. The van der Waals surface area contributed by atoms with Gasteiger partial charge < -0.3 is 10.5 Å². The SMILES string of the molecule is [NH]c1ccc(Oc2ccc(Cl)cc2)cc1. The first-order chi connectivity index (χ1) is 7.24. The van der Waals surface area contributed by atoms with Crippen LogP contribution in [0, 0.1) is 0 Å². The van der Waals surface area contributed by atoms with E-state index in [0.29, 0.717) is 16.5 Å². The molecule has 0 aliphatic rings. The highest BCUT2D eigenvalue weighted by molar-refractivity contribution is 6.30. The van der Waals surface area contributed by atoms with Crippen LogP contribution in [0.5, 0.6) is 11.5 Å². The summed E-state index contributed by atoms with van der Waals surface area (Å²) >= 11 is 5.76. The van der Waals surface area contributed by atoms with Crippen molar-refractivity contribution in [3.8, 4) is 11.5 Å². The quantitative estimate of drug-likeness (QED) is 0.749. The summed E-state index contributed by atoms with van der Waals surface area (Å²) in [7, 11) is 0. The van der Waals surface area contributed by atoms with Crippen LogP contribution < -0.4 is 10.5 Å². The molecule has 0 spiro atoms. The van der Waals surface area contributed by atoms with Gasteiger partial charge in [-0.3, -0.25) is 0 Å². The Labute approximate surface area is 93.2 Å². The molecule has 1 N–H and O–H groups in total. The average Bonchev–Trinajstić information content (AvgIpc) is 2.25. The highest BCUT2D eigenvalue weighted by Gasteiger charge is 1.96. The van der Waals surface area contributed by atoms with E-state index >= 15 is 0 Å². The number of benzene rings is 2. The summed E-state index contributed by atoms with van der Waals surface area (Å²) in [6.07, 6.45) is 0. The Balaban J connectivity index is 2.15. The van der Waals surface area contributed by atoms with Crippen molar-refractivity contribution >= 4 is 17.3 Å². The molecule has 0 heterocycles. The Morgan fingerprint density at radius 3 is 1.80 bits per heavy atom. The van der Waals surface area contributed by atoms with Crippen molar-refractivity contribution in [3.63, 3.8) is 0 Å². The summed E-state index contributed by atoms with van der Waals surface area (Å²) in [5.41, 5.74) is 7.80. The maximum atomic E-state index is 7.33. The Morgan fingerprint density at radius 2 is 1.27 bits per heavy atom. The molecule has 0 unspecified atom stereocenters. The van der Waals surface area contributed by atoms with E-state index in [1.54, 1.807) is 48.5 Å². The molecule has 0 saturated carbocycles. The number of nitrogens with one attached hydrogen (secondary N) is 1. The lowest BCUT2D eigenvalue weighted by Gasteiger charge is -2.05. The number of hydrogen-bond donors (Lipinski definition) is 0. The fraction of sp³-hybridized carbons (Fsp3) is 0. The summed E-state index contributed by atoms with van der Waals surface area (Å²) in [4.78, 5) is 0. The van der Waals surface area contributed by atoms with Crippen molar-refractivity contribution in [2.24, 2.45) is 0 Å². The number of halogens is 1. The molecule has 2 rings (SSSR count). The smallest absolute Gasteiger partial charge is 0.127 e. The molecule has 15 heavy (non-hydrogen) atoms. The third-order valence-corrected chi connectivity index (χ3v) is 2.16. The van der Waals surface area contributed by atoms with Crippen molar-refractivity contribution in [1.29, 1.82) is 0 Å². The minimum absolute atomic E-state index is 0.471. The van der Waals surface area contributed by atoms with Gasteiger partial charge in [-0.1, -0.05) is 11.6 Å². The fourth-order valence-corrected chi connectivity index (χ4v) is 1.29. The third-order valence-electron chi connectivity index (χ3n) is 1.90. The normalized spacial score (nSPS) is 9.93. The second kappa shape index (κ2) is 4.24. The van der Waals surface area contributed by atoms with E-state index in [-0.39, 0.29) is 0 Å². The fourth-order valence-electron chi connectivity index (χ4n) is 1.16. The first-order valence-electron chi connectivity index (χ1n) is 4.49. The van der Waals surface area contributed by atoms with Gasteiger partial charge in [-0.15, -0.1) is 0 Å². The summed E-state index contributed by atoms with van der Waals surface area (Å²) < 4.78 is 5.55. The lowest BCUT2D eigenvalue weighted by molar-refractivity contribution is 0.483. The zero-order chi connectivity index (χ0) is 10.7. The largest absolute Gasteiger partial charge is 0.457 e. The Hall–Kier alpha value is -1.67. The van der Waals surface area contributed by atoms with E-state index in [9.17, 15) is 0 Å². The molecule has 0 bridgehead atoms. The molecule has 2 nitrogen and oxygen atoms in total. The highest BCUT2D eigenvalue weighted by Crippen LogP contribution is 2.23. The van der Waals surface area contributed by atoms with Crippen LogP contribution >= 0.6 is 11.6 Å². The van der Waals surface area contributed by atoms with Crippen molar-refractivity contribution in [1.82, 2.24) is 5.73 Å². The van der Waals surface area contributed by atoms with Gasteiger partial charge in [0.1, 0.15) is 11.5 Å². The van der Waals surface area contributed by atoms with Crippen molar-refractivity contribution < 1.29 is 4.74 Å². The molecule has 2 aromatic carbocycles. The zero-order valence-electron chi connectivity index (χ0n) is 7.91. The maximum Gasteiger partial charge on any atom is 0.127 e. The van der Waals surface area contributed by atoms with Crippen molar-refractivity contribution in [3.05, 3.63) is 53.6 Å². The molecule has 1 radical (unpaired) electrons. The van der Waals surface area contributed by atoms with Crippen LogP contribution in [0.25, 0.3) is 0 Å². The zero-order valence-corrected chi connectivity index (χ0v) is 8.66. The van der Waals surface area contributed by atoms with Gasteiger partial charge >= 0.3 is 0 Å². The summed E-state index contributed by atoms with van der Waals surface area (Å²) in [6.45, 7) is 0.